The topological polar surface area (TPSA) is 99.4 Å². The van der Waals surface area contributed by atoms with Gasteiger partial charge in [-0.3, -0.25) is 4.98 Å². The first kappa shape index (κ1) is 22.0. The number of nitrogens with one attached hydrogen (secondary N) is 3. The molecule has 2 atom stereocenters. The van der Waals surface area contributed by atoms with E-state index in [1.54, 1.807) is 0 Å². The van der Waals surface area contributed by atoms with E-state index in [2.05, 4.69) is 50.3 Å². The summed E-state index contributed by atoms with van der Waals surface area (Å²) in [6.45, 7) is 2.86. The molecule has 8 heteroatoms. The monoisotopic (exact) mass is 469 g/mol. The first-order valence-electron chi connectivity index (χ1n) is 12.5. The molecule has 0 bridgehead atoms. The van der Waals surface area contributed by atoms with E-state index in [1.807, 2.05) is 41.2 Å². The number of benzene rings is 1. The fraction of sp³-hybridized carbons (Fsp3) is 0.370. The molecule has 6 rings (SSSR count). The minimum Gasteiger partial charge on any atom is -0.391 e. The molecule has 1 saturated heterocycles. The zero-order chi connectivity index (χ0) is 23.6. The van der Waals surface area contributed by atoms with Crippen molar-refractivity contribution in [2.45, 2.75) is 37.8 Å². The van der Waals surface area contributed by atoms with Gasteiger partial charge in [0.25, 0.3) is 0 Å². The molecular weight excluding hydrogens is 438 g/mol. The second kappa shape index (κ2) is 9.64. The summed E-state index contributed by atoms with van der Waals surface area (Å²) < 4.78 is 1.90. The van der Waals surface area contributed by atoms with Gasteiger partial charge in [0.1, 0.15) is 11.6 Å². The molecule has 180 valence electrons. The van der Waals surface area contributed by atoms with Gasteiger partial charge in [-0.25, -0.2) is 4.98 Å². The zero-order valence-corrected chi connectivity index (χ0v) is 19.7. The number of anilines is 2. The average Bonchev–Trinajstić information content (AvgIpc) is 3.66. The van der Waals surface area contributed by atoms with Crippen LogP contribution in [0, 0.1) is 5.92 Å². The average molecular weight is 470 g/mol. The van der Waals surface area contributed by atoms with E-state index < -0.39 is 0 Å². The Kier molecular flexibility index (Phi) is 6.06. The number of hydrogen-bond donors (Lipinski definition) is 4. The Balaban J connectivity index is 1.21. The highest BCUT2D eigenvalue weighted by Crippen LogP contribution is 2.42. The summed E-state index contributed by atoms with van der Waals surface area (Å²) in [5, 5.41) is 25.2. The highest BCUT2D eigenvalue weighted by atomic mass is 16.3. The number of piperidine rings is 1. The predicted octanol–water partition coefficient (Wildman–Crippen LogP) is 3.66. The Labute approximate surface area is 204 Å². The van der Waals surface area contributed by atoms with Crippen molar-refractivity contribution in [1.82, 2.24) is 24.9 Å². The number of aliphatic hydroxyl groups is 1. The Morgan fingerprint density at radius 3 is 2.66 bits per heavy atom. The summed E-state index contributed by atoms with van der Waals surface area (Å²) >= 11 is 0. The second-order valence-electron chi connectivity index (χ2n) is 9.60. The van der Waals surface area contributed by atoms with Crippen molar-refractivity contribution in [1.29, 1.82) is 0 Å². The van der Waals surface area contributed by atoms with Crippen LogP contribution >= 0.6 is 0 Å². The van der Waals surface area contributed by atoms with Gasteiger partial charge in [0.15, 0.2) is 5.65 Å². The fourth-order valence-corrected chi connectivity index (χ4v) is 4.76. The number of aromatic nitrogens is 4. The van der Waals surface area contributed by atoms with Crippen molar-refractivity contribution >= 4 is 17.3 Å². The number of pyridine rings is 1. The van der Waals surface area contributed by atoms with Gasteiger partial charge in [-0.05, 0) is 43.4 Å². The smallest absolute Gasteiger partial charge is 0.163 e. The lowest BCUT2D eigenvalue weighted by Crippen LogP contribution is -2.43. The van der Waals surface area contributed by atoms with Crippen LogP contribution in [0.2, 0.25) is 0 Å². The second-order valence-corrected chi connectivity index (χ2v) is 9.60. The number of β-amino-alcohol motifs (C(OH)–C–C–N with tert-alkyl or cyclic N) is 1. The van der Waals surface area contributed by atoms with Crippen LogP contribution in [-0.2, 0) is 6.54 Å². The molecule has 1 aliphatic heterocycles. The Bertz CT molecular complexity index is 1280. The molecule has 35 heavy (non-hydrogen) atoms. The number of rotatable bonds is 8. The summed E-state index contributed by atoms with van der Waals surface area (Å²) in [5.41, 5.74) is 5.33. The van der Waals surface area contributed by atoms with Gasteiger partial charge in [-0.2, -0.15) is 9.61 Å². The number of hydrogen-bond acceptors (Lipinski definition) is 7. The Morgan fingerprint density at radius 2 is 1.89 bits per heavy atom. The van der Waals surface area contributed by atoms with Crippen LogP contribution in [0.1, 0.15) is 36.4 Å². The third-order valence-electron chi connectivity index (χ3n) is 7.03. The third-order valence-corrected chi connectivity index (χ3v) is 7.03. The molecule has 3 aromatic heterocycles. The summed E-state index contributed by atoms with van der Waals surface area (Å²) in [6, 6.07) is 16.5. The van der Waals surface area contributed by atoms with Crippen molar-refractivity contribution in [3.63, 3.8) is 0 Å². The molecule has 0 radical (unpaired) electrons. The summed E-state index contributed by atoms with van der Waals surface area (Å²) in [4.78, 5) is 9.57. The largest absolute Gasteiger partial charge is 0.391 e. The lowest BCUT2D eigenvalue weighted by Gasteiger charge is -2.28. The molecule has 2 aliphatic rings. The number of nitrogens with zero attached hydrogens (tertiary/aromatic N) is 4. The van der Waals surface area contributed by atoms with Crippen LogP contribution in [0.4, 0.5) is 11.6 Å². The van der Waals surface area contributed by atoms with E-state index in [4.69, 9.17) is 4.98 Å². The van der Waals surface area contributed by atoms with E-state index in [1.165, 1.54) is 18.4 Å². The highest BCUT2D eigenvalue weighted by Gasteiger charge is 2.28. The van der Waals surface area contributed by atoms with E-state index in [-0.39, 0.29) is 12.0 Å². The van der Waals surface area contributed by atoms with E-state index in [0.717, 1.165) is 47.1 Å². The predicted molar refractivity (Wildman–Crippen MR) is 137 cm³/mol. The van der Waals surface area contributed by atoms with E-state index in [9.17, 15) is 5.11 Å². The van der Waals surface area contributed by atoms with Crippen molar-refractivity contribution in [3.8, 4) is 11.1 Å². The summed E-state index contributed by atoms with van der Waals surface area (Å²) in [6.07, 6.45) is 6.89. The van der Waals surface area contributed by atoms with Gasteiger partial charge in [-0.15, -0.1) is 0 Å². The van der Waals surface area contributed by atoms with Crippen LogP contribution in [0.5, 0.6) is 0 Å². The molecule has 1 aromatic carbocycles. The molecule has 4 N–H and O–H groups in total. The lowest BCUT2D eigenvalue weighted by molar-refractivity contribution is 0.0883. The minimum absolute atomic E-state index is 0.214. The van der Waals surface area contributed by atoms with Crippen molar-refractivity contribution < 1.29 is 5.11 Å². The maximum Gasteiger partial charge on any atom is 0.163 e. The highest BCUT2D eigenvalue weighted by molar-refractivity contribution is 5.63. The molecule has 4 heterocycles. The molecule has 0 amide bonds. The molecule has 1 saturated carbocycles. The van der Waals surface area contributed by atoms with E-state index in [0.29, 0.717) is 25.6 Å². The van der Waals surface area contributed by atoms with E-state index >= 15 is 0 Å². The van der Waals surface area contributed by atoms with Crippen LogP contribution in [0.15, 0.2) is 60.9 Å². The van der Waals surface area contributed by atoms with Crippen LogP contribution in [-0.4, -0.2) is 50.4 Å². The molecular formula is C27H31N7O. The van der Waals surface area contributed by atoms with Gasteiger partial charge < -0.3 is 21.1 Å². The van der Waals surface area contributed by atoms with Gasteiger partial charge >= 0.3 is 0 Å². The first-order chi connectivity index (χ1) is 17.2. The quantitative estimate of drug-likeness (QED) is 0.313. The molecule has 0 spiro atoms. The van der Waals surface area contributed by atoms with Gasteiger partial charge in [0.2, 0.25) is 0 Å². The van der Waals surface area contributed by atoms with Crippen LogP contribution < -0.4 is 16.0 Å². The standard InChI is InChI=1S/C27H31N7O/c35-24-17-28-11-10-21(24)14-30-25-12-26(34-27(33-25)23(16-32-34)19-6-7-19)31-15-22-9-8-20(13-29-22)18-4-2-1-3-5-18/h1-5,8-9,12-13,16,19,21,24,28,31,35H,6-7,10-11,14-15,17H2,(H,30,33)/t21-,24+/m1/s1. The molecule has 2 fully saturated rings. The van der Waals surface area contributed by atoms with Gasteiger partial charge in [0.05, 0.1) is 24.5 Å². The number of fused-ring (bicyclic) bond motifs is 1. The minimum atomic E-state index is -0.334. The maximum atomic E-state index is 10.3. The summed E-state index contributed by atoms with van der Waals surface area (Å²) in [7, 11) is 0. The Hall–Kier alpha value is -3.49. The summed E-state index contributed by atoms with van der Waals surface area (Å²) in [5.74, 6) is 2.46. The van der Waals surface area contributed by atoms with Crippen LogP contribution in [0.25, 0.3) is 16.8 Å². The van der Waals surface area contributed by atoms with Crippen molar-refractivity contribution in [3.05, 3.63) is 72.2 Å². The molecule has 1 aliphatic carbocycles. The van der Waals surface area contributed by atoms with Gasteiger partial charge in [-0.1, -0.05) is 36.4 Å². The number of aliphatic hydroxyl groups excluding tert-OH is 1. The maximum absolute atomic E-state index is 10.3. The van der Waals surface area contributed by atoms with Crippen molar-refractivity contribution in [2.75, 3.05) is 30.3 Å². The molecule has 8 nitrogen and oxygen atoms in total. The van der Waals surface area contributed by atoms with Crippen LogP contribution in [0.3, 0.4) is 0 Å². The van der Waals surface area contributed by atoms with Gasteiger partial charge in [0, 0.05) is 42.4 Å². The molecule has 4 aromatic rings. The van der Waals surface area contributed by atoms with Crippen molar-refractivity contribution in [2.24, 2.45) is 5.92 Å². The first-order valence-corrected chi connectivity index (χ1v) is 12.5. The third kappa shape index (κ3) is 4.85. The molecule has 0 unspecified atom stereocenters. The fourth-order valence-electron chi connectivity index (χ4n) is 4.76. The Morgan fingerprint density at radius 1 is 1.00 bits per heavy atom. The SMILES string of the molecule is O[C@H]1CNCC[C@@H]1CNc1cc(NCc2ccc(-c3ccccc3)cn2)n2ncc(C3CC3)c2n1. The normalized spacial score (nSPS) is 20.1. The lowest BCUT2D eigenvalue weighted by atomic mass is 9.95. The zero-order valence-electron chi connectivity index (χ0n) is 19.7.